The second-order valence-electron chi connectivity index (χ2n) is 4.79. The van der Waals surface area contributed by atoms with Gasteiger partial charge in [-0.25, -0.2) is 9.18 Å². The van der Waals surface area contributed by atoms with Crippen molar-refractivity contribution < 1.29 is 19.1 Å². The molecule has 0 aliphatic rings. The fourth-order valence-corrected chi connectivity index (χ4v) is 2.01. The highest BCUT2D eigenvalue weighted by atomic mass is 19.1. The van der Waals surface area contributed by atoms with Crippen LogP contribution in [0.5, 0.6) is 0 Å². The number of anilines is 1. The van der Waals surface area contributed by atoms with Crippen molar-refractivity contribution in [1.82, 2.24) is 4.90 Å². The van der Waals surface area contributed by atoms with E-state index < -0.39 is 17.8 Å². The Hall–Kier alpha value is -2.11. The molecule has 5 nitrogen and oxygen atoms in total. The summed E-state index contributed by atoms with van der Waals surface area (Å²) in [6, 6.07) is 5.06. The van der Waals surface area contributed by atoms with Crippen LogP contribution in [0.4, 0.5) is 14.9 Å². The quantitative estimate of drug-likeness (QED) is 0.878. The lowest BCUT2D eigenvalue weighted by Gasteiger charge is -2.32. The second-order valence-corrected chi connectivity index (χ2v) is 4.79. The number of carbonyl (C=O) groups excluding carboxylic acids is 1. The molecule has 1 rings (SSSR count). The average Bonchev–Trinajstić information content (AvgIpc) is 2.44. The van der Waals surface area contributed by atoms with E-state index in [0.717, 1.165) is 0 Å². The number of benzene rings is 1. The summed E-state index contributed by atoms with van der Waals surface area (Å²) in [6.45, 7) is 5.39. The van der Waals surface area contributed by atoms with E-state index >= 15 is 0 Å². The minimum absolute atomic E-state index is 0.212. The van der Waals surface area contributed by atoms with Gasteiger partial charge in [0.15, 0.2) is 0 Å². The van der Waals surface area contributed by atoms with Gasteiger partial charge in [-0.1, -0.05) is 13.0 Å². The Balaban J connectivity index is 3.06. The Kier molecular flexibility index (Phi) is 6.14. The first-order chi connectivity index (χ1) is 9.90. The van der Waals surface area contributed by atoms with Gasteiger partial charge in [0.2, 0.25) is 0 Å². The number of carboxylic acid groups (broad SMARTS) is 1. The Morgan fingerprint density at radius 1 is 1.33 bits per heavy atom. The SMILES string of the molecule is CCC(C)N(CC(=O)O)C(=O)N(CC)c1cccc(F)c1. The molecule has 116 valence electrons. The van der Waals surface area contributed by atoms with E-state index in [4.69, 9.17) is 5.11 Å². The first-order valence-corrected chi connectivity index (χ1v) is 6.96. The standard InChI is InChI=1S/C15H21FN2O3/c1-4-11(3)18(10-14(19)20)15(21)17(5-2)13-8-6-7-12(16)9-13/h6-9,11H,4-5,10H2,1-3H3,(H,19,20). The van der Waals surface area contributed by atoms with Crippen LogP contribution in [-0.2, 0) is 4.79 Å². The molecule has 2 amide bonds. The van der Waals surface area contributed by atoms with Crippen molar-refractivity contribution in [1.29, 1.82) is 0 Å². The lowest BCUT2D eigenvalue weighted by Crippen LogP contribution is -2.49. The van der Waals surface area contributed by atoms with Crippen molar-refractivity contribution in [2.24, 2.45) is 0 Å². The van der Waals surface area contributed by atoms with Crippen LogP contribution in [0.1, 0.15) is 27.2 Å². The maximum atomic E-state index is 13.3. The number of rotatable bonds is 6. The van der Waals surface area contributed by atoms with E-state index in [1.165, 1.54) is 28.0 Å². The lowest BCUT2D eigenvalue weighted by molar-refractivity contribution is -0.138. The molecule has 1 unspecified atom stereocenters. The minimum Gasteiger partial charge on any atom is -0.480 e. The molecule has 1 aromatic carbocycles. The van der Waals surface area contributed by atoms with Gasteiger partial charge < -0.3 is 10.0 Å². The van der Waals surface area contributed by atoms with Crippen molar-refractivity contribution >= 4 is 17.7 Å². The van der Waals surface area contributed by atoms with Crippen molar-refractivity contribution in [3.63, 3.8) is 0 Å². The van der Waals surface area contributed by atoms with E-state index in [-0.39, 0.29) is 12.6 Å². The third kappa shape index (κ3) is 4.44. The molecule has 0 fully saturated rings. The van der Waals surface area contributed by atoms with Crippen LogP contribution in [-0.4, -0.2) is 41.1 Å². The predicted molar refractivity (Wildman–Crippen MR) is 78.9 cm³/mol. The van der Waals surface area contributed by atoms with Crippen molar-refractivity contribution in [3.05, 3.63) is 30.1 Å². The van der Waals surface area contributed by atoms with Crippen LogP contribution in [0.25, 0.3) is 0 Å². The van der Waals surface area contributed by atoms with E-state index in [1.54, 1.807) is 19.9 Å². The summed E-state index contributed by atoms with van der Waals surface area (Å²) in [5.41, 5.74) is 0.418. The topological polar surface area (TPSA) is 60.9 Å². The van der Waals surface area contributed by atoms with Crippen LogP contribution in [0.2, 0.25) is 0 Å². The van der Waals surface area contributed by atoms with Gasteiger partial charge in [0.05, 0.1) is 0 Å². The zero-order valence-corrected chi connectivity index (χ0v) is 12.5. The maximum absolute atomic E-state index is 13.3. The summed E-state index contributed by atoms with van der Waals surface area (Å²) >= 11 is 0. The Bertz CT molecular complexity index is 507. The second kappa shape index (κ2) is 7.61. The first kappa shape index (κ1) is 16.9. The molecule has 1 atom stereocenters. The number of hydrogen-bond donors (Lipinski definition) is 1. The molecule has 6 heteroatoms. The number of nitrogens with zero attached hydrogens (tertiary/aromatic N) is 2. The molecule has 0 aromatic heterocycles. The van der Waals surface area contributed by atoms with Crippen molar-refractivity contribution in [2.75, 3.05) is 18.0 Å². The highest BCUT2D eigenvalue weighted by Gasteiger charge is 2.26. The van der Waals surface area contributed by atoms with Gasteiger partial charge in [-0.2, -0.15) is 0 Å². The molecule has 0 saturated heterocycles. The van der Waals surface area contributed by atoms with Gasteiger partial charge in [-0.15, -0.1) is 0 Å². The molecule has 1 N–H and O–H groups in total. The van der Waals surface area contributed by atoms with Gasteiger partial charge in [0.1, 0.15) is 12.4 Å². The molecule has 1 aromatic rings. The van der Waals surface area contributed by atoms with Gasteiger partial charge in [-0.3, -0.25) is 9.69 Å². The monoisotopic (exact) mass is 296 g/mol. The third-order valence-corrected chi connectivity index (χ3v) is 3.34. The number of aliphatic carboxylic acids is 1. The van der Waals surface area contributed by atoms with Crippen LogP contribution in [0, 0.1) is 5.82 Å². The summed E-state index contributed by atoms with van der Waals surface area (Å²) in [4.78, 5) is 26.2. The smallest absolute Gasteiger partial charge is 0.325 e. The highest BCUT2D eigenvalue weighted by Crippen LogP contribution is 2.18. The Morgan fingerprint density at radius 3 is 2.48 bits per heavy atom. The molecule has 0 spiro atoms. The molecular formula is C15H21FN2O3. The number of amides is 2. The Morgan fingerprint density at radius 2 is 2.00 bits per heavy atom. The van der Waals surface area contributed by atoms with E-state index in [9.17, 15) is 14.0 Å². The van der Waals surface area contributed by atoms with Crippen LogP contribution >= 0.6 is 0 Å². The van der Waals surface area contributed by atoms with E-state index in [1.807, 2.05) is 6.92 Å². The van der Waals surface area contributed by atoms with Crippen molar-refractivity contribution in [3.8, 4) is 0 Å². The van der Waals surface area contributed by atoms with Gasteiger partial charge in [0, 0.05) is 18.3 Å². The molecule has 0 aliphatic heterocycles. The number of carboxylic acids is 1. The maximum Gasteiger partial charge on any atom is 0.325 e. The molecule has 0 bridgehead atoms. The molecule has 0 aliphatic carbocycles. The number of halogens is 1. The number of urea groups is 1. The molecular weight excluding hydrogens is 275 g/mol. The van der Waals surface area contributed by atoms with Crippen LogP contribution in [0.3, 0.4) is 0 Å². The normalized spacial score (nSPS) is 11.8. The largest absolute Gasteiger partial charge is 0.480 e. The first-order valence-electron chi connectivity index (χ1n) is 6.96. The third-order valence-electron chi connectivity index (χ3n) is 3.34. The molecule has 21 heavy (non-hydrogen) atoms. The summed E-state index contributed by atoms with van der Waals surface area (Å²) in [5, 5.41) is 8.97. The number of hydrogen-bond acceptors (Lipinski definition) is 2. The summed E-state index contributed by atoms with van der Waals surface area (Å²) in [5.74, 6) is -1.51. The van der Waals surface area contributed by atoms with Gasteiger partial charge >= 0.3 is 12.0 Å². The van der Waals surface area contributed by atoms with Crippen molar-refractivity contribution in [2.45, 2.75) is 33.2 Å². The molecule has 0 radical (unpaired) electrons. The highest BCUT2D eigenvalue weighted by molar-refractivity contribution is 5.93. The van der Waals surface area contributed by atoms with E-state index in [0.29, 0.717) is 18.7 Å². The minimum atomic E-state index is -1.07. The van der Waals surface area contributed by atoms with Crippen LogP contribution < -0.4 is 4.90 Å². The molecule has 0 saturated carbocycles. The zero-order chi connectivity index (χ0) is 16.0. The summed E-state index contributed by atoms with van der Waals surface area (Å²) in [6.07, 6.45) is 0.639. The average molecular weight is 296 g/mol. The lowest BCUT2D eigenvalue weighted by atomic mass is 10.2. The van der Waals surface area contributed by atoms with E-state index in [2.05, 4.69) is 0 Å². The number of carbonyl (C=O) groups is 2. The van der Waals surface area contributed by atoms with Crippen LogP contribution in [0.15, 0.2) is 24.3 Å². The van der Waals surface area contributed by atoms with Gasteiger partial charge in [-0.05, 0) is 38.5 Å². The fourth-order valence-electron chi connectivity index (χ4n) is 2.01. The predicted octanol–water partition coefficient (Wildman–Crippen LogP) is 2.96. The zero-order valence-electron chi connectivity index (χ0n) is 12.5. The Labute approximate surface area is 124 Å². The molecule has 0 heterocycles. The summed E-state index contributed by atoms with van der Waals surface area (Å²) < 4.78 is 13.3. The van der Waals surface area contributed by atoms with Gasteiger partial charge in [0.25, 0.3) is 0 Å². The fraction of sp³-hybridized carbons (Fsp3) is 0.467. The summed E-state index contributed by atoms with van der Waals surface area (Å²) in [7, 11) is 0.